The lowest BCUT2D eigenvalue weighted by Crippen LogP contribution is -2.51. The second kappa shape index (κ2) is 4.83. The topological polar surface area (TPSA) is 58.6 Å². The third-order valence-corrected chi connectivity index (χ3v) is 3.82. The van der Waals surface area contributed by atoms with Gasteiger partial charge in [0.05, 0.1) is 12.1 Å². The van der Waals surface area contributed by atoms with Crippen LogP contribution in [0.3, 0.4) is 0 Å². The van der Waals surface area contributed by atoms with Gasteiger partial charge in [0.25, 0.3) is 0 Å². The van der Waals surface area contributed by atoms with E-state index in [2.05, 4.69) is 9.97 Å². The van der Waals surface area contributed by atoms with E-state index in [4.69, 9.17) is 4.74 Å². The number of aromatic nitrogens is 2. The van der Waals surface area contributed by atoms with Gasteiger partial charge < -0.3 is 14.5 Å². The number of carbonyl (C=O) groups is 1. The van der Waals surface area contributed by atoms with Crippen LogP contribution in [0.1, 0.15) is 5.69 Å². The minimum Gasteiger partial charge on any atom is -0.364 e. The van der Waals surface area contributed by atoms with E-state index in [1.807, 2.05) is 0 Å². The zero-order valence-electron chi connectivity index (χ0n) is 11.2. The Labute approximate surface area is 118 Å². The van der Waals surface area contributed by atoms with E-state index in [0.717, 1.165) is 12.4 Å². The molecule has 0 aromatic carbocycles. The summed E-state index contributed by atoms with van der Waals surface area (Å²) in [4.78, 5) is 22.0. The third kappa shape index (κ3) is 2.53. The Bertz CT molecular complexity index is 566. The first-order valence-corrected chi connectivity index (χ1v) is 6.37. The maximum absolute atomic E-state index is 12.7. The number of amides is 1. The zero-order valence-corrected chi connectivity index (χ0v) is 11.2. The molecule has 114 valence electrons. The molecule has 2 aliphatic heterocycles. The lowest BCUT2D eigenvalue weighted by atomic mass is 10.1. The number of rotatable bonds is 1. The van der Waals surface area contributed by atoms with E-state index in [0.29, 0.717) is 13.1 Å². The number of fused-ring (bicyclic) bond motifs is 1. The molecular formula is C12H13F3N4O2. The van der Waals surface area contributed by atoms with Crippen molar-refractivity contribution < 1.29 is 22.7 Å². The van der Waals surface area contributed by atoms with Crippen molar-refractivity contribution in [3.05, 3.63) is 18.1 Å². The average Bonchev–Trinajstić information content (AvgIpc) is 2.87. The van der Waals surface area contributed by atoms with Gasteiger partial charge in [-0.05, 0) is 0 Å². The molecule has 6 nitrogen and oxygen atoms in total. The van der Waals surface area contributed by atoms with Crippen LogP contribution in [-0.4, -0.2) is 59.7 Å². The minimum absolute atomic E-state index is 0.00306. The first-order valence-electron chi connectivity index (χ1n) is 6.37. The van der Waals surface area contributed by atoms with Gasteiger partial charge in [0.2, 0.25) is 5.91 Å². The van der Waals surface area contributed by atoms with Crippen LogP contribution < -0.4 is 4.90 Å². The van der Waals surface area contributed by atoms with Crippen LogP contribution in [0.25, 0.3) is 0 Å². The fourth-order valence-electron chi connectivity index (χ4n) is 2.62. The fraction of sp³-hybridized carbons (Fsp3) is 0.583. The molecule has 3 heterocycles. The number of nitrogens with zero attached hydrogens (tertiary/aromatic N) is 4. The van der Waals surface area contributed by atoms with Gasteiger partial charge in [0, 0.05) is 26.2 Å². The van der Waals surface area contributed by atoms with Crippen molar-refractivity contribution in [1.29, 1.82) is 0 Å². The first kappa shape index (κ1) is 14.1. The molecule has 2 fully saturated rings. The Hall–Kier alpha value is -1.90. The molecule has 0 bridgehead atoms. The van der Waals surface area contributed by atoms with Crippen LogP contribution >= 0.6 is 0 Å². The number of ether oxygens (including phenoxy) is 1. The van der Waals surface area contributed by atoms with E-state index in [9.17, 15) is 18.0 Å². The molecule has 0 spiro atoms. The quantitative estimate of drug-likeness (QED) is 0.758. The predicted molar refractivity (Wildman–Crippen MR) is 65.5 cm³/mol. The number of carbonyl (C=O) groups excluding carboxylic acids is 1. The summed E-state index contributed by atoms with van der Waals surface area (Å²) in [5.41, 5.74) is -0.979. The molecule has 9 heteroatoms. The van der Waals surface area contributed by atoms with Crippen LogP contribution in [0, 0.1) is 0 Å². The van der Waals surface area contributed by atoms with Crippen molar-refractivity contribution in [2.75, 3.05) is 31.6 Å². The molecule has 0 aliphatic carbocycles. The van der Waals surface area contributed by atoms with E-state index in [1.54, 1.807) is 16.8 Å². The number of alkyl halides is 3. The van der Waals surface area contributed by atoms with Crippen LogP contribution in [0.15, 0.2) is 12.4 Å². The Kier molecular flexibility index (Phi) is 3.23. The van der Waals surface area contributed by atoms with Crippen LogP contribution in [0.5, 0.6) is 0 Å². The fourth-order valence-corrected chi connectivity index (χ4v) is 2.62. The number of likely N-dealkylation sites (N-methyl/N-ethyl adjacent to an activating group) is 1. The van der Waals surface area contributed by atoms with Crippen LogP contribution in [-0.2, 0) is 15.7 Å². The monoisotopic (exact) mass is 302 g/mol. The van der Waals surface area contributed by atoms with Gasteiger partial charge in [0.15, 0.2) is 0 Å². The summed E-state index contributed by atoms with van der Waals surface area (Å²) in [5.74, 6) is 0.0629. The first-order chi connectivity index (χ1) is 9.86. The Morgan fingerprint density at radius 3 is 2.81 bits per heavy atom. The largest absolute Gasteiger partial charge is 0.433 e. The van der Waals surface area contributed by atoms with Crippen LogP contribution in [0.4, 0.5) is 19.0 Å². The maximum Gasteiger partial charge on any atom is 0.433 e. The van der Waals surface area contributed by atoms with Gasteiger partial charge in [-0.2, -0.15) is 13.2 Å². The molecule has 0 radical (unpaired) electrons. The van der Waals surface area contributed by atoms with Crippen molar-refractivity contribution >= 4 is 11.7 Å². The van der Waals surface area contributed by atoms with E-state index in [-0.39, 0.29) is 30.5 Å². The molecule has 1 aromatic rings. The molecule has 21 heavy (non-hydrogen) atoms. The standard InChI is InChI=1S/C12H13F3N4O2/c1-18-7-3-19(4-8(7)21-5-11(18)20)10-2-9(12(13,14)15)16-6-17-10/h2,6-8H,3-5H2,1H3/t7-,8+/m0/s1. The van der Waals surface area contributed by atoms with Gasteiger partial charge >= 0.3 is 6.18 Å². The molecule has 2 atom stereocenters. The van der Waals surface area contributed by atoms with Crippen molar-refractivity contribution in [1.82, 2.24) is 14.9 Å². The lowest BCUT2D eigenvalue weighted by Gasteiger charge is -2.33. The van der Waals surface area contributed by atoms with E-state index >= 15 is 0 Å². The Balaban J connectivity index is 1.82. The van der Waals surface area contributed by atoms with Crippen LogP contribution in [0.2, 0.25) is 0 Å². The third-order valence-electron chi connectivity index (χ3n) is 3.82. The lowest BCUT2D eigenvalue weighted by molar-refractivity contribution is -0.150. The van der Waals surface area contributed by atoms with Crippen molar-refractivity contribution in [3.63, 3.8) is 0 Å². The molecule has 3 rings (SSSR count). The summed E-state index contributed by atoms with van der Waals surface area (Å²) in [6.07, 6.45) is -3.82. The average molecular weight is 302 g/mol. The number of hydrogen-bond acceptors (Lipinski definition) is 5. The second-order valence-corrected chi connectivity index (χ2v) is 5.09. The van der Waals surface area contributed by atoms with Crippen molar-refractivity contribution in [3.8, 4) is 0 Å². The Morgan fingerprint density at radius 2 is 2.10 bits per heavy atom. The number of anilines is 1. The SMILES string of the molecule is CN1C(=O)CO[C@@H]2CN(c3cc(C(F)(F)F)ncn3)C[C@@H]21. The summed E-state index contributed by atoms with van der Waals surface area (Å²) in [6.45, 7) is 0.793. The summed E-state index contributed by atoms with van der Waals surface area (Å²) < 4.78 is 43.5. The van der Waals surface area contributed by atoms with Gasteiger partial charge in [-0.3, -0.25) is 4.79 Å². The van der Waals surface area contributed by atoms with Crippen molar-refractivity contribution in [2.45, 2.75) is 18.3 Å². The Morgan fingerprint density at radius 1 is 1.33 bits per heavy atom. The smallest absolute Gasteiger partial charge is 0.364 e. The molecular weight excluding hydrogens is 289 g/mol. The van der Waals surface area contributed by atoms with E-state index < -0.39 is 11.9 Å². The summed E-state index contributed by atoms with van der Waals surface area (Å²) in [7, 11) is 1.67. The highest BCUT2D eigenvalue weighted by molar-refractivity contribution is 5.78. The highest BCUT2D eigenvalue weighted by atomic mass is 19.4. The van der Waals surface area contributed by atoms with Gasteiger partial charge in [-0.25, -0.2) is 9.97 Å². The maximum atomic E-state index is 12.7. The van der Waals surface area contributed by atoms with Gasteiger partial charge in [0.1, 0.15) is 24.4 Å². The van der Waals surface area contributed by atoms with E-state index in [1.165, 1.54) is 0 Å². The molecule has 0 unspecified atom stereocenters. The summed E-state index contributed by atoms with van der Waals surface area (Å²) in [5, 5.41) is 0. The molecule has 0 N–H and O–H groups in total. The molecule has 0 saturated carbocycles. The normalized spacial score (nSPS) is 26.2. The summed E-state index contributed by atoms with van der Waals surface area (Å²) >= 11 is 0. The molecule has 1 amide bonds. The number of hydrogen-bond donors (Lipinski definition) is 0. The van der Waals surface area contributed by atoms with Gasteiger partial charge in [-0.15, -0.1) is 0 Å². The van der Waals surface area contributed by atoms with Crippen molar-refractivity contribution in [2.24, 2.45) is 0 Å². The predicted octanol–water partition coefficient (Wildman–Crippen LogP) is 0.541. The van der Waals surface area contributed by atoms with Gasteiger partial charge in [-0.1, -0.05) is 0 Å². The highest BCUT2D eigenvalue weighted by Gasteiger charge is 2.42. The second-order valence-electron chi connectivity index (χ2n) is 5.09. The zero-order chi connectivity index (χ0) is 15.2. The molecule has 2 aliphatic rings. The number of halogens is 3. The highest BCUT2D eigenvalue weighted by Crippen LogP contribution is 2.31. The molecule has 1 aromatic heterocycles. The molecule has 2 saturated heterocycles. The minimum atomic E-state index is -4.51. The summed E-state index contributed by atoms with van der Waals surface area (Å²) in [6, 6.07) is 0.745. The number of morpholine rings is 1.